The van der Waals surface area contributed by atoms with E-state index in [4.69, 9.17) is 9.47 Å². The lowest BCUT2D eigenvalue weighted by molar-refractivity contribution is 0.122. The number of nitrogens with one attached hydrogen (secondary N) is 1. The minimum absolute atomic E-state index is 0.559. The van der Waals surface area contributed by atoms with Crippen LogP contribution in [0.5, 0.6) is 0 Å². The van der Waals surface area contributed by atoms with E-state index < -0.39 is 0 Å². The van der Waals surface area contributed by atoms with E-state index in [0.29, 0.717) is 6.04 Å². The molecule has 0 saturated carbocycles. The first kappa shape index (κ1) is 12.0. The van der Waals surface area contributed by atoms with Gasteiger partial charge in [-0.2, -0.15) is 0 Å². The fraction of sp³-hybridized carbons (Fsp3) is 1.00. The molecule has 0 aliphatic carbocycles. The van der Waals surface area contributed by atoms with Gasteiger partial charge in [0.25, 0.3) is 0 Å². The topological polar surface area (TPSA) is 30.5 Å². The van der Waals surface area contributed by atoms with Crippen LogP contribution >= 0.6 is 0 Å². The molecule has 1 heterocycles. The average Bonchev–Trinajstić information content (AvgIpc) is 2.63. The van der Waals surface area contributed by atoms with Crippen molar-refractivity contribution in [3.63, 3.8) is 0 Å². The van der Waals surface area contributed by atoms with Crippen molar-refractivity contribution >= 4 is 0 Å². The number of hydrogen-bond acceptors (Lipinski definition) is 3. The van der Waals surface area contributed by atoms with Gasteiger partial charge in [0.2, 0.25) is 0 Å². The highest BCUT2D eigenvalue weighted by molar-refractivity contribution is 4.70. The Labute approximate surface area is 87.2 Å². The zero-order valence-electron chi connectivity index (χ0n) is 9.42. The Balaban J connectivity index is 1.79. The van der Waals surface area contributed by atoms with E-state index in [1.165, 1.54) is 0 Å². The fourth-order valence-electron chi connectivity index (χ4n) is 1.45. The molecule has 3 nitrogen and oxygen atoms in total. The lowest BCUT2D eigenvalue weighted by Crippen LogP contribution is -2.32. The molecule has 0 bridgehead atoms. The Kier molecular flexibility index (Phi) is 6.15. The Morgan fingerprint density at radius 2 is 2.29 bits per heavy atom. The zero-order chi connectivity index (χ0) is 10.2. The second-order valence-corrected chi connectivity index (χ2v) is 4.31. The van der Waals surface area contributed by atoms with Crippen molar-refractivity contribution in [2.24, 2.45) is 5.92 Å². The quantitative estimate of drug-likeness (QED) is 0.632. The van der Waals surface area contributed by atoms with E-state index in [1.54, 1.807) is 0 Å². The number of ether oxygens (including phenoxy) is 2. The van der Waals surface area contributed by atoms with Crippen LogP contribution in [-0.2, 0) is 9.47 Å². The molecule has 1 atom stereocenters. The van der Waals surface area contributed by atoms with Crippen LogP contribution in [0.4, 0.5) is 0 Å². The van der Waals surface area contributed by atoms with Crippen LogP contribution in [-0.4, -0.2) is 39.0 Å². The summed E-state index contributed by atoms with van der Waals surface area (Å²) in [5.41, 5.74) is 0. The van der Waals surface area contributed by atoms with E-state index >= 15 is 0 Å². The van der Waals surface area contributed by atoms with Crippen LogP contribution in [0.1, 0.15) is 26.7 Å². The molecular formula is C11H23NO2. The normalized spacial score (nSPS) is 22.1. The molecule has 14 heavy (non-hydrogen) atoms. The molecule has 1 aliphatic rings. The average molecular weight is 201 g/mol. The highest BCUT2D eigenvalue weighted by atomic mass is 16.5. The van der Waals surface area contributed by atoms with Gasteiger partial charge >= 0.3 is 0 Å². The second-order valence-electron chi connectivity index (χ2n) is 4.31. The molecular weight excluding hydrogens is 178 g/mol. The summed E-state index contributed by atoms with van der Waals surface area (Å²) in [6, 6.07) is 0.559. The lowest BCUT2D eigenvalue weighted by atomic mass is 10.1. The van der Waals surface area contributed by atoms with Gasteiger partial charge in [-0.05, 0) is 18.8 Å². The molecule has 1 saturated heterocycles. The van der Waals surface area contributed by atoms with Gasteiger partial charge < -0.3 is 14.8 Å². The summed E-state index contributed by atoms with van der Waals surface area (Å²) in [5.74, 6) is 0.742. The predicted molar refractivity (Wildman–Crippen MR) is 57.5 cm³/mol. The first-order valence-electron chi connectivity index (χ1n) is 5.68. The minimum atomic E-state index is 0.559. The summed E-state index contributed by atoms with van der Waals surface area (Å²) in [6.45, 7) is 8.88. The molecule has 0 aromatic heterocycles. The summed E-state index contributed by atoms with van der Waals surface area (Å²) in [7, 11) is 0. The molecule has 1 aliphatic heterocycles. The Morgan fingerprint density at radius 3 is 2.93 bits per heavy atom. The number of hydrogen-bond donors (Lipinski definition) is 1. The van der Waals surface area contributed by atoms with E-state index in [9.17, 15) is 0 Å². The van der Waals surface area contributed by atoms with Crippen molar-refractivity contribution in [1.82, 2.24) is 5.32 Å². The van der Waals surface area contributed by atoms with Crippen LogP contribution in [0.25, 0.3) is 0 Å². The smallest absolute Gasteiger partial charge is 0.0620 e. The predicted octanol–water partition coefficient (Wildman–Crippen LogP) is 1.43. The van der Waals surface area contributed by atoms with Crippen molar-refractivity contribution < 1.29 is 9.47 Å². The second kappa shape index (κ2) is 7.21. The Bertz CT molecular complexity index is 133. The molecule has 0 aromatic rings. The van der Waals surface area contributed by atoms with Gasteiger partial charge in [-0.1, -0.05) is 13.8 Å². The maximum absolute atomic E-state index is 5.50. The van der Waals surface area contributed by atoms with E-state index in [2.05, 4.69) is 19.2 Å². The maximum atomic E-state index is 5.50. The largest absolute Gasteiger partial charge is 0.380 e. The molecule has 1 rings (SSSR count). The summed E-state index contributed by atoms with van der Waals surface area (Å²) in [5, 5.41) is 3.42. The van der Waals surface area contributed by atoms with Gasteiger partial charge in [-0.3, -0.25) is 0 Å². The van der Waals surface area contributed by atoms with Crippen molar-refractivity contribution in [2.45, 2.75) is 32.7 Å². The number of rotatable bonds is 7. The highest BCUT2D eigenvalue weighted by Gasteiger charge is 2.13. The van der Waals surface area contributed by atoms with Crippen molar-refractivity contribution in [2.75, 3.05) is 33.0 Å². The maximum Gasteiger partial charge on any atom is 0.0620 e. The van der Waals surface area contributed by atoms with Crippen molar-refractivity contribution in [3.05, 3.63) is 0 Å². The fourth-order valence-corrected chi connectivity index (χ4v) is 1.45. The molecule has 0 amide bonds. The summed E-state index contributed by atoms with van der Waals surface area (Å²) in [6.07, 6.45) is 2.30. The van der Waals surface area contributed by atoms with Gasteiger partial charge in [0.1, 0.15) is 0 Å². The molecule has 0 radical (unpaired) electrons. The van der Waals surface area contributed by atoms with Crippen molar-refractivity contribution in [3.8, 4) is 0 Å². The minimum Gasteiger partial charge on any atom is -0.380 e. The van der Waals surface area contributed by atoms with Gasteiger partial charge in [0, 0.05) is 25.8 Å². The highest BCUT2D eigenvalue weighted by Crippen LogP contribution is 2.02. The third-order valence-corrected chi connectivity index (χ3v) is 2.45. The van der Waals surface area contributed by atoms with Crippen LogP contribution < -0.4 is 5.32 Å². The molecule has 3 heteroatoms. The molecule has 1 N–H and O–H groups in total. The van der Waals surface area contributed by atoms with E-state index in [-0.39, 0.29) is 0 Å². The monoisotopic (exact) mass is 201 g/mol. The van der Waals surface area contributed by atoms with Crippen LogP contribution in [0.15, 0.2) is 0 Å². The molecule has 1 unspecified atom stereocenters. The molecule has 1 fully saturated rings. The first-order valence-corrected chi connectivity index (χ1v) is 5.68. The zero-order valence-corrected chi connectivity index (χ0v) is 9.42. The first-order chi connectivity index (χ1) is 6.79. The Morgan fingerprint density at radius 1 is 1.43 bits per heavy atom. The van der Waals surface area contributed by atoms with E-state index in [0.717, 1.165) is 51.7 Å². The molecule has 84 valence electrons. The van der Waals surface area contributed by atoms with Gasteiger partial charge in [0.05, 0.1) is 13.2 Å². The van der Waals surface area contributed by atoms with Gasteiger partial charge in [0.15, 0.2) is 0 Å². The molecule has 0 spiro atoms. The van der Waals surface area contributed by atoms with Crippen LogP contribution in [0.3, 0.4) is 0 Å². The third kappa shape index (κ3) is 5.58. The summed E-state index contributed by atoms with van der Waals surface area (Å²) < 4.78 is 10.8. The summed E-state index contributed by atoms with van der Waals surface area (Å²) >= 11 is 0. The SMILES string of the molecule is CC(C)CCOCCNC1CCOC1. The van der Waals surface area contributed by atoms with E-state index in [1.807, 2.05) is 0 Å². The van der Waals surface area contributed by atoms with Crippen LogP contribution in [0.2, 0.25) is 0 Å². The van der Waals surface area contributed by atoms with Gasteiger partial charge in [-0.25, -0.2) is 0 Å². The molecule has 0 aromatic carbocycles. The van der Waals surface area contributed by atoms with Crippen LogP contribution in [0, 0.1) is 5.92 Å². The lowest BCUT2D eigenvalue weighted by Gasteiger charge is -2.11. The standard InChI is InChI=1S/C11H23NO2/c1-10(2)3-6-13-8-5-12-11-4-7-14-9-11/h10-12H,3-9H2,1-2H3. The Hall–Kier alpha value is -0.120. The van der Waals surface area contributed by atoms with Crippen molar-refractivity contribution in [1.29, 1.82) is 0 Å². The summed E-state index contributed by atoms with van der Waals surface area (Å²) in [4.78, 5) is 0. The van der Waals surface area contributed by atoms with Gasteiger partial charge in [-0.15, -0.1) is 0 Å². The third-order valence-electron chi connectivity index (χ3n) is 2.45.